The van der Waals surface area contributed by atoms with Crippen LogP contribution in [0.25, 0.3) is 0 Å². The van der Waals surface area contributed by atoms with E-state index < -0.39 is 17.3 Å². The maximum atomic E-state index is 13.7. The van der Waals surface area contributed by atoms with Crippen molar-refractivity contribution in [2.24, 2.45) is 5.92 Å². The van der Waals surface area contributed by atoms with Crippen LogP contribution < -0.4 is 10.6 Å². The molecule has 0 aromatic heterocycles. The molecule has 2 rings (SSSR count). The highest BCUT2D eigenvalue weighted by Gasteiger charge is 2.19. The maximum Gasteiger partial charge on any atom is 0.338 e. The molecule has 1 aromatic carbocycles. The van der Waals surface area contributed by atoms with Crippen LogP contribution in [0.1, 0.15) is 23.2 Å². The largest absolute Gasteiger partial charge is 0.478 e. The molecule has 0 aliphatic carbocycles. The number of rotatable bonds is 4. The number of carbonyl (C=O) groups is 1. The quantitative estimate of drug-likeness (QED) is 0.826. The number of hydrogen-bond donors (Lipinski definition) is 2. The molecule has 1 heterocycles. The van der Waals surface area contributed by atoms with Crippen LogP contribution >= 0.6 is 0 Å². The summed E-state index contributed by atoms with van der Waals surface area (Å²) in [6, 6.07) is 2.35. The summed E-state index contributed by atoms with van der Waals surface area (Å²) in [6.07, 6.45) is 2.10. The molecule has 0 saturated carbocycles. The lowest BCUT2D eigenvalue weighted by Crippen LogP contribution is -2.31. The van der Waals surface area contributed by atoms with Crippen molar-refractivity contribution in [2.75, 3.05) is 37.4 Å². The molecule has 0 amide bonds. The summed E-state index contributed by atoms with van der Waals surface area (Å²) in [5.74, 6) is -1.70. The number of carboxylic acid groups (broad SMARTS) is 1. The van der Waals surface area contributed by atoms with Crippen LogP contribution in [-0.2, 0) is 4.74 Å². The average molecular weight is 282 g/mol. The molecule has 20 heavy (non-hydrogen) atoms. The standard InChI is InChI=1S/C14H19FN2O3/c1-17(7-9-3-2-4-20-8-9)13-6-11(15)10(14(18)19)5-12(13)16/h5-6,9H,2-4,7-8,16H2,1H3,(H,18,19). The Balaban J connectivity index is 2.14. The summed E-state index contributed by atoms with van der Waals surface area (Å²) >= 11 is 0. The van der Waals surface area contributed by atoms with Crippen LogP contribution in [0.3, 0.4) is 0 Å². The molecular weight excluding hydrogens is 263 g/mol. The Bertz CT molecular complexity index is 501. The third-order valence-corrected chi connectivity index (χ3v) is 3.54. The predicted molar refractivity (Wildman–Crippen MR) is 74.6 cm³/mol. The van der Waals surface area contributed by atoms with E-state index in [0.29, 0.717) is 24.8 Å². The molecular formula is C14H19FN2O3. The zero-order valence-corrected chi connectivity index (χ0v) is 11.4. The number of nitrogen functional groups attached to an aromatic ring is 1. The third kappa shape index (κ3) is 3.19. The second kappa shape index (κ2) is 6.09. The van der Waals surface area contributed by atoms with Crippen LogP contribution in [-0.4, -0.2) is 37.9 Å². The molecule has 1 aromatic rings. The minimum absolute atomic E-state index is 0.267. The zero-order chi connectivity index (χ0) is 14.7. The van der Waals surface area contributed by atoms with Gasteiger partial charge in [-0.1, -0.05) is 0 Å². The number of ether oxygens (including phenoxy) is 1. The fraction of sp³-hybridized carbons (Fsp3) is 0.500. The summed E-state index contributed by atoms with van der Waals surface area (Å²) in [5.41, 5.74) is 6.21. The van der Waals surface area contributed by atoms with E-state index in [-0.39, 0.29) is 5.69 Å². The molecule has 1 atom stereocenters. The highest BCUT2D eigenvalue weighted by atomic mass is 19.1. The second-order valence-electron chi connectivity index (χ2n) is 5.16. The molecule has 0 bridgehead atoms. The monoisotopic (exact) mass is 282 g/mol. The van der Waals surface area contributed by atoms with Crippen molar-refractivity contribution < 1.29 is 19.0 Å². The Morgan fingerprint density at radius 3 is 2.95 bits per heavy atom. The summed E-state index contributed by atoms with van der Waals surface area (Å²) in [7, 11) is 1.82. The van der Waals surface area contributed by atoms with Gasteiger partial charge >= 0.3 is 5.97 Å². The van der Waals surface area contributed by atoms with Crippen molar-refractivity contribution in [3.63, 3.8) is 0 Å². The summed E-state index contributed by atoms with van der Waals surface area (Å²) < 4.78 is 19.1. The Morgan fingerprint density at radius 2 is 2.35 bits per heavy atom. The van der Waals surface area contributed by atoms with Gasteiger partial charge in [0.2, 0.25) is 0 Å². The van der Waals surface area contributed by atoms with Crippen LogP contribution in [0.5, 0.6) is 0 Å². The third-order valence-electron chi connectivity index (χ3n) is 3.54. The van der Waals surface area contributed by atoms with Gasteiger partial charge in [-0.15, -0.1) is 0 Å². The van der Waals surface area contributed by atoms with Gasteiger partial charge < -0.3 is 20.5 Å². The van der Waals surface area contributed by atoms with Gasteiger partial charge in [-0.25, -0.2) is 9.18 Å². The van der Waals surface area contributed by atoms with E-state index in [9.17, 15) is 9.18 Å². The van der Waals surface area contributed by atoms with Crippen LogP contribution in [0.2, 0.25) is 0 Å². The summed E-state index contributed by atoms with van der Waals surface area (Å²) in [6.45, 7) is 2.19. The van der Waals surface area contributed by atoms with Crippen molar-refractivity contribution >= 4 is 17.3 Å². The van der Waals surface area contributed by atoms with Gasteiger partial charge in [0.05, 0.1) is 23.5 Å². The van der Waals surface area contributed by atoms with E-state index in [1.807, 2.05) is 11.9 Å². The highest BCUT2D eigenvalue weighted by Crippen LogP contribution is 2.27. The predicted octanol–water partition coefficient (Wildman–Crippen LogP) is 1.97. The van der Waals surface area contributed by atoms with Gasteiger partial charge in [0.15, 0.2) is 0 Å². The first-order valence-electron chi connectivity index (χ1n) is 6.60. The smallest absolute Gasteiger partial charge is 0.338 e. The van der Waals surface area contributed by atoms with Gasteiger partial charge in [0, 0.05) is 26.3 Å². The first-order valence-corrected chi connectivity index (χ1v) is 6.60. The number of nitrogens with zero attached hydrogens (tertiary/aromatic N) is 1. The summed E-state index contributed by atoms with van der Waals surface area (Å²) in [5, 5.41) is 8.85. The van der Waals surface area contributed by atoms with E-state index >= 15 is 0 Å². The van der Waals surface area contributed by atoms with Crippen molar-refractivity contribution in [3.05, 3.63) is 23.5 Å². The minimum Gasteiger partial charge on any atom is -0.478 e. The molecule has 1 aliphatic heterocycles. The fourth-order valence-electron chi connectivity index (χ4n) is 2.51. The van der Waals surface area contributed by atoms with Gasteiger partial charge in [-0.2, -0.15) is 0 Å². The fourth-order valence-corrected chi connectivity index (χ4v) is 2.51. The van der Waals surface area contributed by atoms with E-state index in [1.165, 1.54) is 12.1 Å². The number of carboxylic acids is 1. The van der Waals surface area contributed by atoms with E-state index in [1.54, 1.807) is 0 Å². The topological polar surface area (TPSA) is 75.8 Å². The number of benzene rings is 1. The number of halogens is 1. The Labute approximate surface area is 117 Å². The molecule has 5 nitrogen and oxygen atoms in total. The van der Waals surface area contributed by atoms with Crippen molar-refractivity contribution in [2.45, 2.75) is 12.8 Å². The highest BCUT2D eigenvalue weighted by molar-refractivity contribution is 5.90. The molecule has 1 saturated heterocycles. The second-order valence-corrected chi connectivity index (χ2v) is 5.16. The lowest BCUT2D eigenvalue weighted by molar-refractivity contribution is 0.0576. The number of hydrogen-bond acceptors (Lipinski definition) is 4. The maximum absolute atomic E-state index is 13.7. The van der Waals surface area contributed by atoms with Gasteiger partial charge in [-0.05, 0) is 24.8 Å². The lowest BCUT2D eigenvalue weighted by atomic mass is 10.0. The number of aromatic carboxylic acids is 1. The normalized spacial score (nSPS) is 18.8. The van der Waals surface area contributed by atoms with Crippen LogP contribution in [0.4, 0.5) is 15.8 Å². The lowest BCUT2D eigenvalue weighted by Gasteiger charge is -2.29. The zero-order valence-electron chi connectivity index (χ0n) is 11.4. The Morgan fingerprint density at radius 1 is 1.60 bits per heavy atom. The molecule has 110 valence electrons. The molecule has 3 N–H and O–H groups in total. The van der Waals surface area contributed by atoms with Gasteiger partial charge in [0.25, 0.3) is 0 Å². The SMILES string of the molecule is CN(CC1CCCOC1)c1cc(F)c(C(=O)O)cc1N. The minimum atomic E-state index is -1.32. The van der Waals surface area contributed by atoms with Crippen molar-refractivity contribution in [1.29, 1.82) is 0 Å². The van der Waals surface area contributed by atoms with Gasteiger partial charge in [-0.3, -0.25) is 0 Å². The van der Waals surface area contributed by atoms with Gasteiger partial charge in [0.1, 0.15) is 5.82 Å². The van der Waals surface area contributed by atoms with Crippen molar-refractivity contribution in [3.8, 4) is 0 Å². The van der Waals surface area contributed by atoms with Crippen molar-refractivity contribution in [1.82, 2.24) is 0 Å². The molecule has 1 fully saturated rings. The molecule has 1 unspecified atom stereocenters. The Hall–Kier alpha value is -1.82. The first kappa shape index (κ1) is 14.6. The molecule has 1 aliphatic rings. The molecule has 0 radical (unpaired) electrons. The molecule has 6 heteroatoms. The number of anilines is 2. The Kier molecular flexibility index (Phi) is 4.44. The van der Waals surface area contributed by atoms with Crippen LogP contribution in [0.15, 0.2) is 12.1 Å². The number of nitrogens with two attached hydrogens (primary N) is 1. The summed E-state index contributed by atoms with van der Waals surface area (Å²) in [4.78, 5) is 12.7. The average Bonchev–Trinajstić information content (AvgIpc) is 2.41. The van der Waals surface area contributed by atoms with E-state index in [2.05, 4.69) is 0 Å². The first-order chi connectivity index (χ1) is 9.49. The van der Waals surface area contributed by atoms with E-state index in [0.717, 1.165) is 19.4 Å². The molecule has 0 spiro atoms. The van der Waals surface area contributed by atoms with Crippen LogP contribution in [0, 0.1) is 11.7 Å². The van der Waals surface area contributed by atoms with E-state index in [4.69, 9.17) is 15.6 Å².